The van der Waals surface area contributed by atoms with Gasteiger partial charge in [-0.1, -0.05) is 17.8 Å². The summed E-state index contributed by atoms with van der Waals surface area (Å²) >= 11 is 1.54. The summed E-state index contributed by atoms with van der Waals surface area (Å²) < 4.78 is 39.1. The van der Waals surface area contributed by atoms with Crippen LogP contribution in [-0.2, 0) is 12.7 Å². The molecule has 1 atom stereocenters. The summed E-state index contributed by atoms with van der Waals surface area (Å²) in [6.07, 6.45) is 3.82. The average Bonchev–Trinajstić information content (AvgIpc) is 2.79. The van der Waals surface area contributed by atoms with Gasteiger partial charge in [-0.25, -0.2) is 9.97 Å². The van der Waals surface area contributed by atoms with E-state index in [1.807, 2.05) is 18.6 Å². The number of alkyl halides is 3. The van der Waals surface area contributed by atoms with Crippen molar-refractivity contribution in [3.05, 3.63) is 47.8 Å². The second kappa shape index (κ2) is 9.75. The molecular weight excluding hydrogens is 423 g/mol. The lowest BCUT2D eigenvalue weighted by Gasteiger charge is -2.44. The van der Waals surface area contributed by atoms with Gasteiger partial charge in [0.05, 0.1) is 5.56 Å². The maximum atomic E-state index is 13.0. The molecule has 4 rings (SSSR count). The number of likely N-dealkylation sites (tertiary alicyclic amines) is 1. The fourth-order valence-corrected chi connectivity index (χ4v) is 4.80. The number of aromatic nitrogens is 2. The second-order valence-corrected chi connectivity index (χ2v) is 8.95. The maximum Gasteiger partial charge on any atom is 0.416 e. The SMILES string of the molecule is CSc1ncc(CN2CCCC(N3CCN(c4cccc(C(F)(F)F)c4)CC3)C2)cn1. The lowest BCUT2D eigenvalue weighted by atomic mass is 10.0. The Kier molecular flexibility index (Phi) is 7.03. The minimum atomic E-state index is -4.30. The van der Waals surface area contributed by atoms with Crippen molar-refractivity contribution in [2.24, 2.45) is 0 Å². The molecule has 1 aromatic carbocycles. The fourth-order valence-electron chi connectivity index (χ4n) is 4.49. The van der Waals surface area contributed by atoms with Gasteiger partial charge in [-0.05, 0) is 43.8 Å². The number of piperazine rings is 1. The van der Waals surface area contributed by atoms with E-state index in [1.54, 1.807) is 17.8 Å². The van der Waals surface area contributed by atoms with Crippen LogP contribution in [0.1, 0.15) is 24.0 Å². The van der Waals surface area contributed by atoms with Gasteiger partial charge in [-0.2, -0.15) is 13.2 Å². The van der Waals surface area contributed by atoms with E-state index in [0.717, 1.165) is 69.0 Å². The second-order valence-electron chi connectivity index (χ2n) is 8.18. The van der Waals surface area contributed by atoms with Crippen LogP contribution in [0.25, 0.3) is 0 Å². The van der Waals surface area contributed by atoms with Crippen molar-refractivity contribution >= 4 is 17.4 Å². The highest BCUT2D eigenvalue weighted by molar-refractivity contribution is 7.98. The third-order valence-electron chi connectivity index (χ3n) is 6.12. The lowest BCUT2D eigenvalue weighted by Crippen LogP contribution is -2.55. The topological polar surface area (TPSA) is 35.5 Å². The number of piperidine rings is 1. The summed E-state index contributed by atoms with van der Waals surface area (Å²) in [5.41, 5.74) is 1.21. The number of halogens is 3. The zero-order valence-corrected chi connectivity index (χ0v) is 18.5. The largest absolute Gasteiger partial charge is 0.416 e. The Morgan fingerprint density at radius 1 is 1.06 bits per heavy atom. The molecular formula is C22H28F3N5S. The first kappa shape index (κ1) is 22.4. The Morgan fingerprint density at radius 2 is 1.81 bits per heavy atom. The minimum Gasteiger partial charge on any atom is -0.369 e. The standard InChI is InChI=1S/C22H28F3N5S/c1-31-21-26-13-17(14-27-21)15-28-7-3-6-20(16-28)30-10-8-29(9-11-30)19-5-2-4-18(12-19)22(23,24)25/h2,4-5,12-14,20H,3,6-11,15-16H2,1H3. The molecule has 9 heteroatoms. The van der Waals surface area contributed by atoms with Gasteiger partial charge in [0, 0.05) is 69.0 Å². The quantitative estimate of drug-likeness (QED) is 0.505. The molecule has 5 nitrogen and oxygen atoms in total. The van der Waals surface area contributed by atoms with Gasteiger partial charge in [0.2, 0.25) is 0 Å². The third-order valence-corrected chi connectivity index (χ3v) is 6.70. The van der Waals surface area contributed by atoms with Crippen LogP contribution in [0.4, 0.5) is 18.9 Å². The van der Waals surface area contributed by atoms with E-state index >= 15 is 0 Å². The van der Waals surface area contributed by atoms with Gasteiger partial charge >= 0.3 is 6.18 Å². The summed E-state index contributed by atoms with van der Waals surface area (Å²) in [7, 11) is 0. The highest BCUT2D eigenvalue weighted by Gasteiger charge is 2.32. The monoisotopic (exact) mass is 451 g/mol. The first-order chi connectivity index (χ1) is 14.9. The summed E-state index contributed by atoms with van der Waals surface area (Å²) in [4.78, 5) is 15.8. The maximum absolute atomic E-state index is 13.0. The van der Waals surface area contributed by atoms with Crippen LogP contribution < -0.4 is 4.90 Å². The van der Waals surface area contributed by atoms with Crippen molar-refractivity contribution in [2.75, 3.05) is 50.4 Å². The number of nitrogens with zero attached hydrogens (tertiary/aromatic N) is 5. The highest BCUT2D eigenvalue weighted by atomic mass is 32.2. The smallest absolute Gasteiger partial charge is 0.369 e. The van der Waals surface area contributed by atoms with Gasteiger partial charge < -0.3 is 4.90 Å². The molecule has 2 aromatic rings. The molecule has 0 bridgehead atoms. The zero-order chi connectivity index (χ0) is 21.8. The van der Waals surface area contributed by atoms with E-state index in [-0.39, 0.29) is 0 Å². The van der Waals surface area contributed by atoms with Crippen molar-refractivity contribution in [2.45, 2.75) is 36.8 Å². The molecule has 0 N–H and O–H groups in total. The van der Waals surface area contributed by atoms with E-state index < -0.39 is 11.7 Å². The van der Waals surface area contributed by atoms with Crippen LogP contribution in [0.15, 0.2) is 41.8 Å². The Bertz CT molecular complexity index is 853. The average molecular weight is 452 g/mol. The van der Waals surface area contributed by atoms with Crippen LogP contribution in [0.3, 0.4) is 0 Å². The Morgan fingerprint density at radius 3 is 2.48 bits per heavy atom. The Hall–Kier alpha value is -1.84. The van der Waals surface area contributed by atoms with E-state index in [9.17, 15) is 13.2 Å². The van der Waals surface area contributed by atoms with Gasteiger partial charge in [0.25, 0.3) is 0 Å². The summed E-state index contributed by atoms with van der Waals surface area (Å²) in [5, 5.41) is 0.791. The molecule has 2 aliphatic rings. The fraction of sp³-hybridized carbons (Fsp3) is 0.545. The lowest BCUT2D eigenvalue weighted by molar-refractivity contribution is -0.137. The number of hydrogen-bond acceptors (Lipinski definition) is 6. The zero-order valence-electron chi connectivity index (χ0n) is 17.7. The number of hydrogen-bond donors (Lipinski definition) is 0. The van der Waals surface area contributed by atoms with Crippen molar-refractivity contribution in [1.29, 1.82) is 0 Å². The number of anilines is 1. The van der Waals surface area contributed by atoms with Gasteiger partial charge in [0.15, 0.2) is 5.16 Å². The molecule has 3 heterocycles. The Balaban J connectivity index is 1.31. The van der Waals surface area contributed by atoms with Crippen LogP contribution >= 0.6 is 11.8 Å². The summed E-state index contributed by atoms with van der Waals surface area (Å²) in [6, 6.07) is 6.17. The summed E-state index contributed by atoms with van der Waals surface area (Å²) in [6.45, 7) is 6.19. The molecule has 168 valence electrons. The molecule has 0 saturated carbocycles. The Labute approximate surface area is 185 Å². The minimum absolute atomic E-state index is 0.490. The molecule has 0 amide bonds. The molecule has 2 fully saturated rings. The first-order valence-corrected chi connectivity index (χ1v) is 11.9. The first-order valence-electron chi connectivity index (χ1n) is 10.7. The van der Waals surface area contributed by atoms with Crippen LogP contribution in [0, 0.1) is 0 Å². The molecule has 1 aromatic heterocycles. The number of thioether (sulfide) groups is 1. The molecule has 0 spiro atoms. The molecule has 31 heavy (non-hydrogen) atoms. The van der Waals surface area contributed by atoms with E-state index in [2.05, 4.69) is 24.7 Å². The van der Waals surface area contributed by atoms with Crippen LogP contribution in [0.5, 0.6) is 0 Å². The van der Waals surface area contributed by atoms with Crippen molar-refractivity contribution in [1.82, 2.24) is 19.8 Å². The molecule has 2 aliphatic heterocycles. The predicted molar refractivity (Wildman–Crippen MR) is 117 cm³/mol. The van der Waals surface area contributed by atoms with Crippen LogP contribution in [-0.4, -0.2) is 71.3 Å². The normalized spacial score (nSPS) is 21.4. The van der Waals surface area contributed by atoms with Crippen molar-refractivity contribution < 1.29 is 13.2 Å². The predicted octanol–water partition coefficient (Wildman–Crippen LogP) is 4.00. The van der Waals surface area contributed by atoms with Gasteiger partial charge in [0.1, 0.15) is 0 Å². The number of rotatable bonds is 5. The summed E-state index contributed by atoms with van der Waals surface area (Å²) in [5.74, 6) is 0. The molecule has 0 radical (unpaired) electrons. The third kappa shape index (κ3) is 5.70. The van der Waals surface area contributed by atoms with Gasteiger partial charge in [-0.15, -0.1) is 0 Å². The molecule has 0 aliphatic carbocycles. The molecule has 1 unspecified atom stereocenters. The van der Waals surface area contributed by atoms with Gasteiger partial charge in [-0.3, -0.25) is 9.80 Å². The van der Waals surface area contributed by atoms with E-state index in [1.165, 1.54) is 18.6 Å². The molecule has 2 saturated heterocycles. The van der Waals surface area contributed by atoms with Crippen molar-refractivity contribution in [3.63, 3.8) is 0 Å². The highest BCUT2D eigenvalue weighted by Crippen LogP contribution is 2.32. The van der Waals surface area contributed by atoms with E-state index in [4.69, 9.17) is 0 Å². The number of benzene rings is 1. The van der Waals surface area contributed by atoms with Crippen molar-refractivity contribution in [3.8, 4) is 0 Å². The van der Waals surface area contributed by atoms with Crippen LogP contribution in [0.2, 0.25) is 0 Å². The van der Waals surface area contributed by atoms with E-state index in [0.29, 0.717) is 11.7 Å².